The normalized spacial score (nSPS) is 23.6. The van der Waals surface area contributed by atoms with Crippen LogP contribution in [0.15, 0.2) is 48.6 Å². The minimum absolute atomic E-state index is 0.0971. The summed E-state index contributed by atoms with van der Waals surface area (Å²) < 4.78 is 0. The number of aromatic hydroxyl groups is 4. The maximum atomic E-state index is 12.6. The lowest BCUT2D eigenvalue weighted by Crippen LogP contribution is -2.53. The first-order chi connectivity index (χ1) is 15.1. The number of benzene rings is 2. The highest BCUT2D eigenvalue weighted by Crippen LogP contribution is 2.35. The number of aliphatic hydroxyl groups is 2. The van der Waals surface area contributed by atoms with Gasteiger partial charge in [-0.25, -0.2) is 0 Å². The Kier molecular flexibility index (Phi) is 6.67. The van der Waals surface area contributed by atoms with Crippen LogP contribution in [0.25, 0.3) is 12.2 Å². The molecule has 0 spiro atoms. The molecule has 0 saturated heterocycles. The van der Waals surface area contributed by atoms with Crippen molar-refractivity contribution in [3.8, 4) is 23.0 Å². The maximum Gasteiger partial charge on any atom is 0.189 e. The summed E-state index contributed by atoms with van der Waals surface area (Å²) in [6, 6.07) is 8.08. The Hall–Kier alpha value is -3.62. The van der Waals surface area contributed by atoms with Crippen molar-refractivity contribution in [3.63, 3.8) is 0 Å². The van der Waals surface area contributed by atoms with Crippen LogP contribution in [0.4, 0.5) is 0 Å². The Bertz CT molecular complexity index is 1090. The summed E-state index contributed by atoms with van der Waals surface area (Å²) in [5.41, 5.74) is -1.11. The number of ketones is 2. The first kappa shape index (κ1) is 23.1. The van der Waals surface area contributed by atoms with Crippen LogP contribution in [0.5, 0.6) is 23.0 Å². The van der Waals surface area contributed by atoms with Crippen LogP contribution in [0, 0.1) is 5.92 Å². The quantitative estimate of drug-likeness (QED) is 0.295. The average molecular weight is 440 g/mol. The smallest absolute Gasteiger partial charge is 0.189 e. The van der Waals surface area contributed by atoms with Crippen molar-refractivity contribution in [3.05, 3.63) is 59.7 Å². The van der Waals surface area contributed by atoms with E-state index < -0.39 is 23.4 Å². The van der Waals surface area contributed by atoms with Crippen LogP contribution >= 0.6 is 0 Å². The minimum atomic E-state index is -2.03. The van der Waals surface area contributed by atoms with E-state index >= 15 is 0 Å². The maximum absolute atomic E-state index is 12.6. The number of phenols is 4. The summed E-state index contributed by atoms with van der Waals surface area (Å²) in [4.78, 5) is 25.0. The van der Waals surface area contributed by atoms with E-state index in [9.17, 15) is 40.2 Å². The van der Waals surface area contributed by atoms with Gasteiger partial charge in [0.05, 0.1) is 6.10 Å². The standard InChI is InChI=1S/C24H24O8/c25-17(5-1-14-2-6-18(26)20(28)11-14)16-9-10-24(32,23(31)13-16)22(30)8-4-15-3-7-19(27)21(29)12-15/h1-8,11-12,16,23,26-29,31-32H,9-10,13H2/t16?,23-,24-/m1/s1. The molecule has 3 atom stereocenters. The van der Waals surface area contributed by atoms with Crippen LogP contribution in [-0.4, -0.2) is 53.9 Å². The molecule has 8 heteroatoms. The molecule has 2 aromatic rings. The fourth-order valence-corrected chi connectivity index (χ4v) is 3.61. The molecule has 32 heavy (non-hydrogen) atoms. The molecule has 8 nitrogen and oxygen atoms in total. The van der Waals surface area contributed by atoms with Crippen LogP contribution in [-0.2, 0) is 9.59 Å². The predicted molar refractivity (Wildman–Crippen MR) is 116 cm³/mol. The molecular formula is C24H24O8. The summed E-state index contributed by atoms with van der Waals surface area (Å²) >= 11 is 0. The number of hydrogen-bond acceptors (Lipinski definition) is 8. The first-order valence-corrected chi connectivity index (χ1v) is 9.99. The van der Waals surface area contributed by atoms with E-state index in [4.69, 9.17) is 0 Å². The zero-order valence-corrected chi connectivity index (χ0v) is 17.0. The minimum Gasteiger partial charge on any atom is -0.504 e. The number of carbonyl (C=O) groups is 2. The monoisotopic (exact) mass is 440 g/mol. The lowest BCUT2D eigenvalue weighted by Gasteiger charge is -2.37. The van der Waals surface area contributed by atoms with Crippen molar-refractivity contribution in [2.24, 2.45) is 5.92 Å². The number of allylic oxidation sites excluding steroid dienone is 1. The van der Waals surface area contributed by atoms with E-state index in [1.54, 1.807) is 0 Å². The molecule has 0 aromatic heterocycles. The van der Waals surface area contributed by atoms with E-state index in [0.29, 0.717) is 11.1 Å². The largest absolute Gasteiger partial charge is 0.504 e. The van der Waals surface area contributed by atoms with Gasteiger partial charge in [-0.15, -0.1) is 0 Å². The van der Waals surface area contributed by atoms with Gasteiger partial charge in [0.25, 0.3) is 0 Å². The molecule has 0 radical (unpaired) electrons. The fraction of sp³-hybridized carbons (Fsp3) is 0.250. The van der Waals surface area contributed by atoms with Crippen molar-refractivity contribution in [2.75, 3.05) is 0 Å². The lowest BCUT2D eigenvalue weighted by atomic mass is 9.73. The number of aliphatic hydroxyl groups excluding tert-OH is 1. The summed E-state index contributed by atoms with van der Waals surface area (Å²) in [5.74, 6) is -2.84. The molecule has 0 aliphatic heterocycles. The first-order valence-electron chi connectivity index (χ1n) is 9.99. The van der Waals surface area contributed by atoms with Gasteiger partial charge >= 0.3 is 0 Å². The van der Waals surface area contributed by atoms with Gasteiger partial charge in [0.2, 0.25) is 0 Å². The van der Waals surface area contributed by atoms with Gasteiger partial charge in [-0.2, -0.15) is 0 Å². The molecule has 2 aromatic carbocycles. The molecule has 1 fully saturated rings. The van der Waals surface area contributed by atoms with Gasteiger partial charge in [0.15, 0.2) is 40.2 Å². The molecule has 1 saturated carbocycles. The molecule has 0 amide bonds. The van der Waals surface area contributed by atoms with Crippen molar-refractivity contribution in [2.45, 2.75) is 31.0 Å². The molecule has 1 aliphatic carbocycles. The van der Waals surface area contributed by atoms with Gasteiger partial charge < -0.3 is 30.6 Å². The van der Waals surface area contributed by atoms with E-state index in [1.165, 1.54) is 54.6 Å². The summed E-state index contributed by atoms with van der Waals surface area (Å²) in [5, 5.41) is 58.8. The molecule has 3 rings (SSSR count). The Balaban J connectivity index is 1.63. The topological polar surface area (TPSA) is 156 Å². The molecule has 1 aliphatic rings. The highest BCUT2D eigenvalue weighted by atomic mass is 16.4. The van der Waals surface area contributed by atoms with Gasteiger partial charge in [0, 0.05) is 5.92 Å². The third kappa shape index (κ3) is 4.99. The summed E-state index contributed by atoms with van der Waals surface area (Å²) in [7, 11) is 0. The number of phenolic OH excluding ortho intramolecular Hbond substituents is 4. The van der Waals surface area contributed by atoms with E-state index in [1.807, 2.05) is 0 Å². The summed E-state index contributed by atoms with van der Waals surface area (Å²) in [6.45, 7) is 0. The molecular weight excluding hydrogens is 416 g/mol. The second kappa shape index (κ2) is 9.25. The van der Waals surface area contributed by atoms with E-state index in [2.05, 4.69) is 0 Å². The van der Waals surface area contributed by atoms with Crippen LogP contribution in [0.2, 0.25) is 0 Å². The molecule has 0 heterocycles. The van der Waals surface area contributed by atoms with Gasteiger partial charge in [-0.3, -0.25) is 9.59 Å². The Labute approximate surface area is 184 Å². The second-order valence-electron chi connectivity index (χ2n) is 7.84. The SMILES string of the molecule is O=C(C=Cc1ccc(O)c(O)c1)C1CC[C@@](O)(C(=O)C=Cc2ccc(O)c(O)c2)[C@H](O)C1. The Morgan fingerprint density at radius 1 is 0.844 bits per heavy atom. The fourth-order valence-electron chi connectivity index (χ4n) is 3.61. The Morgan fingerprint density at radius 3 is 1.88 bits per heavy atom. The highest BCUT2D eigenvalue weighted by Gasteiger charge is 2.47. The van der Waals surface area contributed by atoms with Crippen molar-refractivity contribution >= 4 is 23.7 Å². The lowest BCUT2D eigenvalue weighted by molar-refractivity contribution is -0.156. The predicted octanol–water partition coefficient (Wildman–Crippen LogP) is 2.27. The van der Waals surface area contributed by atoms with Gasteiger partial charge in [0.1, 0.15) is 0 Å². The molecule has 6 N–H and O–H groups in total. The highest BCUT2D eigenvalue weighted by molar-refractivity contribution is 6.01. The van der Waals surface area contributed by atoms with E-state index in [-0.39, 0.29) is 48.0 Å². The third-order valence-corrected chi connectivity index (χ3v) is 5.63. The molecule has 1 unspecified atom stereocenters. The van der Waals surface area contributed by atoms with Gasteiger partial charge in [-0.05, 0) is 66.8 Å². The number of hydrogen-bond donors (Lipinski definition) is 6. The van der Waals surface area contributed by atoms with Crippen molar-refractivity contribution in [1.82, 2.24) is 0 Å². The van der Waals surface area contributed by atoms with Gasteiger partial charge in [-0.1, -0.05) is 24.3 Å². The molecule has 0 bridgehead atoms. The zero-order chi connectivity index (χ0) is 23.5. The van der Waals surface area contributed by atoms with Crippen molar-refractivity contribution in [1.29, 1.82) is 0 Å². The Morgan fingerprint density at radius 2 is 1.38 bits per heavy atom. The van der Waals surface area contributed by atoms with Crippen molar-refractivity contribution < 1.29 is 40.2 Å². The molecule has 168 valence electrons. The summed E-state index contributed by atoms with van der Waals surface area (Å²) in [6.07, 6.45) is 3.75. The third-order valence-electron chi connectivity index (χ3n) is 5.63. The van der Waals surface area contributed by atoms with E-state index in [0.717, 1.165) is 6.08 Å². The van der Waals surface area contributed by atoms with Crippen LogP contribution in [0.3, 0.4) is 0 Å². The average Bonchev–Trinajstić information content (AvgIpc) is 2.76. The zero-order valence-electron chi connectivity index (χ0n) is 17.0. The second-order valence-corrected chi connectivity index (χ2v) is 7.84. The van der Waals surface area contributed by atoms with Crippen LogP contribution in [0.1, 0.15) is 30.4 Å². The number of rotatable bonds is 6. The van der Waals surface area contributed by atoms with Crippen LogP contribution < -0.4 is 0 Å². The number of carbonyl (C=O) groups excluding carboxylic acids is 2.